The fourth-order valence-electron chi connectivity index (χ4n) is 2.31. The lowest BCUT2D eigenvalue weighted by atomic mass is 10.1. The van der Waals surface area contributed by atoms with E-state index in [4.69, 9.17) is 11.6 Å². The van der Waals surface area contributed by atoms with Crippen LogP contribution in [0.5, 0.6) is 0 Å². The van der Waals surface area contributed by atoms with Crippen LogP contribution in [0.1, 0.15) is 5.56 Å². The van der Waals surface area contributed by atoms with Gasteiger partial charge in [-0.25, -0.2) is 0 Å². The molecular weight excluding hydrogens is 281 g/mol. The van der Waals surface area contributed by atoms with E-state index in [2.05, 4.69) is 28.3 Å². The molecule has 0 spiro atoms. The number of aromatic nitrogens is 1. The first-order valence-corrected chi connectivity index (χ1v) is 6.56. The molecule has 1 aliphatic heterocycles. The molecule has 1 saturated heterocycles. The van der Waals surface area contributed by atoms with Gasteiger partial charge >= 0.3 is 0 Å². The molecule has 1 aromatic carbocycles. The Morgan fingerprint density at radius 3 is 2.84 bits per heavy atom. The maximum absolute atomic E-state index is 6.20. The summed E-state index contributed by atoms with van der Waals surface area (Å²) in [4.78, 5) is 6.84. The largest absolute Gasteiger partial charge is 0.314 e. The van der Waals surface area contributed by atoms with Crippen LogP contribution in [-0.4, -0.2) is 36.1 Å². The summed E-state index contributed by atoms with van der Waals surface area (Å²) >= 11 is 6.20. The molecule has 0 saturated carbocycles. The van der Waals surface area contributed by atoms with Crippen LogP contribution in [-0.2, 0) is 6.54 Å². The van der Waals surface area contributed by atoms with Gasteiger partial charge in [-0.05, 0) is 30.8 Å². The van der Waals surface area contributed by atoms with Crippen LogP contribution < -0.4 is 5.32 Å². The first-order valence-electron chi connectivity index (χ1n) is 6.19. The number of hydrogen-bond donors (Lipinski definition) is 1. The average molecular weight is 298 g/mol. The Morgan fingerprint density at radius 2 is 2.16 bits per heavy atom. The molecule has 1 aliphatic rings. The summed E-state index contributed by atoms with van der Waals surface area (Å²) in [6, 6.07) is 8.64. The fraction of sp³-hybridized carbons (Fsp3) is 0.357. The van der Waals surface area contributed by atoms with Gasteiger partial charge in [-0.3, -0.25) is 9.88 Å². The van der Waals surface area contributed by atoms with Gasteiger partial charge in [-0.1, -0.05) is 17.7 Å². The summed E-state index contributed by atoms with van der Waals surface area (Å²) in [5.41, 5.74) is 2.26. The van der Waals surface area contributed by atoms with E-state index < -0.39 is 0 Å². The smallest absolute Gasteiger partial charge is 0.0761 e. The van der Waals surface area contributed by atoms with Gasteiger partial charge in [0.15, 0.2) is 0 Å². The summed E-state index contributed by atoms with van der Waals surface area (Å²) in [5.74, 6) is 0. The number of likely N-dealkylation sites (N-methyl/N-ethyl adjacent to an activating group) is 1. The Hall–Kier alpha value is -0.870. The van der Waals surface area contributed by atoms with E-state index in [1.165, 1.54) is 5.56 Å². The zero-order valence-electron chi connectivity index (χ0n) is 10.8. The maximum Gasteiger partial charge on any atom is 0.0761 e. The van der Waals surface area contributed by atoms with Crippen LogP contribution in [0.25, 0.3) is 10.9 Å². The monoisotopic (exact) mass is 297 g/mol. The molecule has 0 aliphatic carbocycles. The van der Waals surface area contributed by atoms with E-state index in [-0.39, 0.29) is 12.4 Å². The highest BCUT2D eigenvalue weighted by Gasteiger charge is 2.21. The molecule has 1 aromatic heterocycles. The quantitative estimate of drug-likeness (QED) is 0.944. The molecule has 1 fully saturated rings. The Kier molecular flexibility index (Phi) is 4.63. The van der Waals surface area contributed by atoms with Crippen LogP contribution in [0.4, 0.5) is 0 Å². The van der Waals surface area contributed by atoms with Gasteiger partial charge in [-0.15, -0.1) is 12.4 Å². The lowest BCUT2D eigenvalue weighted by molar-refractivity contribution is 0.173. The van der Waals surface area contributed by atoms with Crippen molar-refractivity contribution in [3.8, 4) is 0 Å². The van der Waals surface area contributed by atoms with Crippen molar-refractivity contribution >= 4 is 34.9 Å². The Balaban J connectivity index is 0.00000133. The molecule has 0 unspecified atom stereocenters. The highest BCUT2D eigenvalue weighted by Crippen LogP contribution is 2.25. The lowest BCUT2D eigenvalue weighted by Crippen LogP contribution is -2.55. The van der Waals surface area contributed by atoms with E-state index in [1.54, 1.807) is 0 Å². The Labute approximate surface area is 124 Å². The van der Waals surface area contributed by atoms with E-state index in [0.717, 1.165) is 35.6 Å². The van der Waals surface area contributed by atoms with Crippen LogP contribution in [0, 0.1) is 0 Å². The second-order valence-electron chi connectivity index (χ2n) is 4.83. The molecule has 3 nitrogen and oxygen atoms in total. The summed E-state index contributed by atoms with van der Waals surface area (Å²) in [6.45, 7) is 3.07. The molecule has 19 heavy (non-hydrogen) atoms. The van der Waals surface area contributed by atoms with Crippen molar-refractivity contribution in [3.05, 3.63) is 41.0 Å². The van der Waals surface area contributed by atoms with Crippen LogP contribution >= 0.6 is 24.0 Å². The highest BCUT2D eigenvalue weighted by molar-refractivity contribution is 6.35. The Bertz CT molecular complexity index is 570. The molecule has 0 amide bonds. The van der Waals surface area contributed by atoms with Crippen molar-refractivity contribution in [2.24, 2.45) is 0 Å². The third-order valence-corrected chi connectivity index (χ3v) is 3.93. The SMILES string of the molecule is CN(Cc1ccc(Cl)c2cccnc12)C1CNC1.Cl. The first-order chi connectivity index (χ1) is 8.75. The molecule has 0 radical (unpaired) electrons. The number of halogens is 2. The first kappa shape index (κ1) is 14.5. The minimum absolute atomic E-state index is 0. The number of nitrogens with one attached hydrogen (secondary N) is 1. The summed E-state index contributed by atoms with van der Waals surface area (Å²) in [6.07, 6.45) is 1.83. The van der Waals surface area contributed by atoms with E-state index in [0.29, 0.717) is 6.04 Å². The van der Waals surface area contributed by atoms with Crippen molar-refractivity contribution in [2.75, 3.05) is 20.1 Å². The molecular formula is C14H17Cl2N3. The number of benzene rings is 1. The number of fused-ring (bicyclic) bond motifs is 1. The predicted molar refractivity (Wildman–Crippen MR) is 82.1 cm³/mol. The number of rotatable bonds is 3. The standard InChI is InChI=1S/C14H16ClN3.ClH/c1-18(11-7-16-8-11)9-10-4-5-13(15)12-3-2-6-17-14(10)12;/h2-6,11,16H,7-9H2,1H3;1H. The van der Waals surface area contributed by atoms with Crippen LogP contribution in [0.15, 0.2) is 30.5 Å². The molecule has 2 heterocycles. The zero-order chi connectivity index (χ0) is 12.5. The molecule has 1 N–H and O–H groups in total. The van der Waals surface area contributed by atoms with Gasteiger partial charge in [-0.2, -0.15) is 0 Å². The van der Waals surface area contributed by atoms with E-state index in [9.17, 15) is 0 Å². The minimum atomic E-state index is 0. The number of nitrogens with zero attached hydrogens (tertiary/aromatic N) is 2. The molecule has 0 atom stereocenters. The number of hydrogen-bond acceptors (Lipinski definition) is 3. The summed E-state index contributed by atoms with van der Waals surface area (Å²) in [7, 11) is 2.16. The third kappa shape index (κ3) is 2.84. The average Bonchev–Trinajstić information content (AvgIpc) is 2.31. The van der Waals surface area contributed by atoms with Crippen molar-refractivity contribution in [3.63, 3.8) is 0 Å². The lowest BCUT2D eigenvalue weighted by Gasteiger charge is -2.35. The molecule has 3 rings (SSSR count). The fourth-order valence-corrected chi connectivity index (χ4v) is 2.52. The Morgan fingerprint density at radius 1 is 1.37 bits per heavy atom. The van der Waals surface area contributed by atoms with E-state index >= 15 is 0 Å². The normalized spacial score (nSPS) is 15.3. The van der Waals surface area contributed by atoms with Gasteiger partial charge in [0.25, 0.3) is 0 Å². The van der Waals surface area contributed by atoms with Gasteiger partial charge in [0, 0.05) is 42.3 Å². The van der Waals surface area contributed by atoms with Crippen LogP contribution in [0.3, 0.4) is 0 Å². The molecule has 102 valence electrons. The third-order valence-electron chi connectivity index (χ3n) is 3.60. The van der Waals surface area contributed by atoms with Crippen molar-refractivity contribution in [1.29, 1.82) is 0 Å². The maximum atomic E-state index is 6.20. The van der Waals surface area contributed by atoms with Gasteiger partial charge in [0.2, 0.25) is 0 Å². The zero-order valence-corrected chi connectivity index (χ0v) is 12.3. The minimum Gasteiger partial charge on any atom is -0.314 e. The summed E-state index contributed by atoms with van der Waals surface area (Å²) in [5, 5.41) is 5.11. The van der Waals surface area contributed by atoms with Gasteiger partial charge in [0.1, 0.15) is 0 Å². The van der Waals surface area contributed by atoms with Gasteiger partial charge < -0.3 is 5.32 Å². The second kappa shape index (κ2) is 6.06. The molecule has 0 bridgehead atoms. The van der Waals surface area contributed by atoms with Crippen LogP contribution in [0.2, 0.25) is 5.02 Å². The number of pyridine rings is 1. The summed E-state index contributed by atoms with van der Waals surface area (Å²) < 4.78 is 0. The van der Waals surface area contributed by atoms with Crippen molar-refractivity contribution in [2.45, 2.75) is 12.6 Å². The molecule has 2 aromatic rings. The van der Waals surface area contributed by atoms with Crippen molar-refractivity contribution < 1.29 is 0 Å². The predicted octanol–water partition coefficient (Wildman–Crippen LogP) is 2.71. The molecule has 5 heteroatoms. The van der Waals surface area contributed by atoms with Gasteiger partial charge in [0.05, 0.1) is 5.52 Å². The van der Waals surface area contributed by atoms with Crippen molar-refractivity contribution in [1.82, 2.24) is 15.2 Å². The second-order valence-corrected chi connectivity index (χ2v) is 5.24. The van der Waals surface area contributed by atoms with E-state index in [1.807, 2.05) is 24.4 Å². The topological polar surface area (TPSA) is 28.2 Å². The highest BCUT2D eigenvalue weighted by atomic mass is 35.5.